The van der Waals surface area contributed by atoms with Gasteiger partial charge in [-0.1, -0.05) is 18.2 Å². The highest BCUT2D eigenvalue weighted by Gasteiger charge is 2.21. The molecule has 0 spiro atoms. The largest absolute Gasteiger partial charge is 0.398 e. The third-order valence-electron chi connectivity index (χ3n) is 2.15. The van der Waals surface area contributed by atoms with E-state index in [2.05, 4.69) is 11.3 Å². The van der Waals surface area contributed by atoms with Gasteiger partial charge in [0.15, 0.2) is 0 Å². The highest BCUT2D eigenvalue weighted by molar-refractivity contribution is 7.89. The van der Waals surface area contributed by atoms with Crippen LogP contribution in [0.3, 0.4) is 0 Å². The minimum Gasteiger partial charge on any atom is -0.398 e. The van der Waals surface area contributed by atoms with Crippen molar-refractivity contribution in [2.45, 2.75) is 11.8 Å². The van der Waals surface area contributed by atoms with Crippen molar-refractivity contribution in [3.05, 3.63) is 36.2 Å². The predicted octanol–water partition coefficient (Wildman–Crippen LogP) is 1.28. The number of nitrogen functional groups attached to an aromatic ring is 1. The van der Waals surface area contributed by atoms with E-state index in [4.69, 9.17) is 10.5 Å². The average molecular weight is 288 g/mol. The van der Waals surface area contributed by atoms with Crippen LogP contribution in [-0.4, -0.2) is 28.2 Å². The Hall–Kier alpha value is -1.44. The second-order valence-electron chi connectivity index (χ2n) is 4.07. The molecule has 0 atom stereocenters. The maximum absolute atomic E-state index is 13.5. The molecule has 0 radical (unpaired) electrons. The minimum absolute atomic E-state index is 0.0311. The number of rotatable bonds is 7. The molecule has 0 saturated carbocycles. The SMILES string of the molecule is C=C(C)COCCNS(=O)(=O)c1c(N)cccc1F. The van der Waals surface area contributed by atoms with Gasteiger partial charge in [-0.3, -0.25) is 0 Å². The summed E-state index contributed by atoms with van der Waals surface area (Å²) in [4.78, 5) is -0.532. The number of hydrogen-bond donors (Lipinski definition) is 2. The maximum atomic E-state index is 13.5. The lowest BCUT2D eigenvalue weighted by molar-refractivity contribution is 0.162. The molecule has 0 aliphatic carbocycles. The van der Waals surface area contributed by atoms with E-state index in [9.17, 15) is 12.8 Å². The van der Waals surface area contributed by atoms with Crippen LogP contribution in [0.1, 0.15) is 6.92 Å². The molecular weight excluding hydrogens is 271 g/mol. The van der Waals surface area contributed by atoms with Crippen molar-refractivity contribution in [3.63, 3.8) is 0 Å². The number of hydrogen-bond acceptors (Lipinski definition) is 4. The van der Waals surface area contributed by atoms with Gasteiger partial charge in [-0.15, -0.1) is 0 Å². The molecule has 0 bridgehead atoms. The van der Waals surface area contributed by atoms with Gasteiger partial charge in [0, 0.05) is 6.54 Å². The van der Waals surface area contributed by atoms with Gasteiger partial charge in [-0.25, -0.2) is 17.5 Å². The van der Waals surface area contributed by atoms with Crippen molar-refractivity contribution >= 4 is 15.7 Å². The van der Waals surface area contributed by atoms with Crippen LogP contribution in [0.25, 0.3) is 0 Å². The second-order valence-corrected chi connectivity index (χ2v) is 5.77. The van der Waals surface area contributed by atoms with Gasteiger partial charge in [-0.05, 0) is 19.1 Å². The van der Waals surface area contributed by atoms with Crippen LogP contribution >= 0.6 is 0 Å². The number of sulfonamides is 1. The minimum atomic E-state index is -3.97. The number of ether oxygens (including phenoxy) is 1. The van der Waals surface area contributed by atoms with Gasteiger partial charge in [0.2, 0.25) is 10.0 Å². The van der Waals surface area contributed by atoms with Crippen LogP contribution in [0.5, 0.6) is 0 Å². The average Bonchev–Trinajstić information content (AvgIpc) is 2.27. The Morgan fingerprint density at radius 1 is 1.53 bits per heavy atom. The molecule has 0 heterocycles. The summed E-state index contributed by atoms with van der Waals surface area (Å²) >= 11 is 0. The van der Waals surface area contributed by atoms with Crippen LogP contribution in [0.2, 0.25) is 0 Å². The van der Waals surface area contributed by atoms with Gasteiger partial charge in [0.25, 0.3) is 0 Å². The van der Waals surface area contributed by atoms with Crippen molar-refractivity contribution in [1.82, 2.24) is 4.72 Å². The van der Waals surface area contributed by atoms with Crippen molar-refractivity contribution in [2.75, 3.05) is 25.5 Å². The summed E-state index contributed by atoms with van der Waals surface area (Å²) < 4.78 is 44.6. The molecule has 3 N–H and O–H groups in total. The Balaban J connectivity index is 2.64. The number of benzene rings is 1. The zero-order valence-electron chi connectivity index (χ0n) is 10.6. The number of anilines is 1. The van der Waals surface area contributed by atoms with Gasteiger partial charge in [0.1, 0.15) is 10.7 Å². The molecule has 1 aromatic carbocycles. The molecule has 106 valence electrons. The van der Waals surface area contributed by atoms with E-state index >= 15 is 0 Å². The summed E-state index contributed by atoms with van der Waals surface area (Å²) in [6, 6.07) is 3.72. The zero-order valence-corrected chi connectivity index (χ0v) is 11.5. The molecule has 0 saturated heterocycles. The van der Waals surface area contributed by atoms with E-state index in [1.807, 2.05) is 0 Å². The Labute approximate surface area is 112 Å². The summed E-state index contributed by atoms with van der Waals surface area (Å²) in [7, 11) is -3.97. The monoisotopic (exact) mass is 288 g/mol. The van der Waals surface area contributed by atoms with Crippen LogP contribution in [0.4, 0.5) is 10.1 Å². The maximum Gasteiger partial charge on any atom is 0.245 e. The zero-order chi connectivity index (χ0) is 14.5. The van der Waals surface area contributed by atoms with E-state index in [0.717, 1.165) is 11.6 Å². The fourth-order valence-electron chi connectivity index (χ4n) is 1.38. The molecule has 0 aromatic heterocycles. The molecule has 7 heteroatoms. The molecule has 19 heavy (non-hydrogen) atoms. The van der Waals surface area contributed by atoms with Crippen molar-refractivity contribution < 1.29 is 17.5 Å². The van der Waals surface area contributed by atoms with Gasteiger partial charge in [-0.2, -0.15) is 0 Å². The number of halogens is 1. The summed E-state index contributed by atoms with van der Waals surface area (Å²) in [6.45, 7) is 5.99. The lowest BCUT2D eigenvalue weighted by atomic mass is 10.3. The molecule has 0 unspecified atom stereocenters. The Kier molecular flexibility index (Phi) is 5.46. The van der Waals surface area contributed by atoms with Crippen LogP contribution < -0.4 is 10.5 Å². The summed E-state index contributed by atoms with van der Waals surface area (Å²) in [6.07, 6.45) is 0. The third kappa shape index (κ3) is 4.62. The summed E-state index contributed by atoms with van der Waals surface area (Å²) in [5, 5.41) is 0. The normalized spacial score (nSPS) is 11.5. The van der Waals surface area contributed by atoms with Crippen molar-refractivity contribution in [3.8, 4) is 0 Å². The lowest BCUT2D eigenvalue weighted by Crippen LogP contribution is -2.29. The van der Waals surface area contributed by atoms with Gasteiger partial charge >= 0.3 is 0 Å². The van der Waals surface area contributed by atoms with Crippen molar-refractivity contribution in [2.24, 2.45) is 0 Å². The van der Waals surface area contributed by atoms with Crippen LogP contribution in [0.15, 0.2) is 35.2 Å². The Morgan fingerprint density at radius 3 is 2.79 bits per heavy atom. The second kappa shape index (κ2) is 6.65. The van der Waals surface area contributed by atoms with E-state index in [1.54, 1.807) is 6.92 Å². The van der Waals surface area contributed by atoms with Crippen molar-refractivity contribution in [1.29, 1.82) is 0 Å². The number of nitrogens with two attached hydrogens (primary N) is 1. The van der Waals surface area contributed by atoms with E-state index in [1.165, 1.54) is 12.1 Å². The first-order chi connectivity index (χ1) is 8.84. The van der Waals surface area contributed by atoms with Gasteiger partial charge < -0.3 is 10.5 Å². The third-order valence-corrected chi connectivity index (χ3v) is 3.71. The molecule has 0 fully saturated rings. The summed E-state index contributed by atoms with van der Waals surface area (Å²) in [5.74, 6) is -0.879. The van der Waals surface area contributed by atoms with Crippen LogP contribution in [0, 0.1) is 5.82 Å². The standard InChI is InChI=1S/C12H17FN2O3S/c1-9(2)8-18-7-6-15-19(16,17)12-10(13)4-3-5-11(12)14/h3-5,15H,1,6-8,14H2,2H3. The predicted molar refractivity (Wildman–Crippen MR) is 71.6 cm³/mol. The van der Waals surface area contributed by atoms with Crippen LogP contribution in [-0.2, 0) is 14.8 Å². The van der Waals surface area contributed by atoms with E-state index in [-0.39, 0.29) is 18.8 Å². The molecule has 1 aromatic rings. The van der Waals surface area contributed by atoms with E-state index < -0.39 is 20.7 Å². The highest BCUT2D eigenvalue weighted by atomic mass is 32.2. The molecule has 0 aliphatic heterocycles. The number of nitrogens with one attached hydrogen (secondary N) is 1. The lowest BCUT2D eigenvalue weighted by Gasteiger charge is -2.10. The molecule has 1 rings (SSSR count). The molecule has 0 aliphatic rings. The molecular formula is C12H17FN2O3S. The fraction of sp³-hybridized carbons (Fsp3) is 0.333. The Morgan fingerprint density at radius 2 is 2.21 bits per heavy atom. The first-order valence-corrected chi connectivity index (χ1v) is 7.08. The Bertz CT molecular complexity index is 538. The fourth-order valence-corrected chi connectivity index (χ4v) is 2.58. The quantitative estimate of drug-likeness (QED) is 0.450. The summed E-state index contributed by atoms with van der Waals surface area (Å²) in [5.41, 5.74) is 6.18. The van der Waals surface area contributed by atoms with E-state index in [0.29, 0.717) is 6.61 Å². The van der Waals surface area contributed by atoms with Gasteiger partial charge in [0.05, 0.1) is 18.9 Å². The molecule has 0 amide bonds. The highest BCUT2D eigenvalue weighted by Crippen LogP contribution is 2.20. The smallest absolute Gasteiger partial charge is 0.245 e. The first kappa shape index (κ1) is 15.6. The molecule has 5 nitrogen and oxygen atoms in total. The first-order valence-electron chi connectivity index (χ1n) is 5.60. The topological polar surface area (TPSA) is 81.4 Å².